The second-order valence-electron chi connectivity index (χ2n) is 17.8. The van der Waals surface area contributed by atoms with Crippen LogP contribution in [0, 0.1) is 0 Å². The van der Waals surface area contributed by atoms with Gasteiger partial charge >= 0.3 is 17.9 Å². The summed E-state index contributed by atoms with van der Waals surface area (Å²) < 4.78 is 16.7. The normalized spacial score (nSPS) is 13.1. The lowest BCUT2D eigenvalue weighted by molar-refractivity contribution is -0.167. The van der Waals surface area contributed by atoms with Crippen LogP contribution in [0.2, 0.25) is 0 Å². The van der Waals surface area contributed by atoms with Gasteiger partial charge in [-0.3, -0.25) is 14.4 Å². The third-order valence-corrected chi connectivity index (χ3v) is 11.1. The lowest BCUT2D eigenvalue weighted by atomic mass is 10.1. The zero-order valence-electron chi connectivity index (χ0n) is 44.3. The van der Waals surface area contributed by atoms with E-state index in [2.05, 4.69) is 154 Å². The van der Waals surface area contributed by atoms with Gasteiger partial charge in [0.1, 0.15) is 13.2 Å². The maximum atomic E-state index is 12.7. The van der Waals surface area contributed by atoms with Gasteiger partial charge in [0.05, 0.1) is 0 Å². The van der Waals surface area contributed by atoms with Gasteiger partial charge in [0.2, 0.25) is 0 Å². The Morgan fingerprint density at radius 3 is 0.942 bits per heavy atom. The summed E-state index contributed by atoms with van der Waals surface area (Å²) in [5.74, 6) is -0.965. The number of rotatable bonds is 48. The first-order chi connectivity index (χ1) is 34.0. The first kappa shape index (κ1) is 64.5. The molecule has 388 valence electrons. The molecule has 0 N–H and O–H groups in total. The molecule has 0 aliphatic carbocycles. The average molecular weight is 953 g/mol. The lowest BCUT2D eigenvalue weighted by Crippen LogP contribution is -2.30. The van der Waals surface area contributed by atoms with Crippen LogP contribution < -0.4 is 0 Å². The van der Waals surface area contributed by atoms with Gasteiger partial charge in [-0.15, -0.1) is 0 Å². The Kier molecular flexibility index (Phi) is 52.5. The highest BCUT2D eigenvalue weighted by molar-refractivity contribution is 5.71. The molecule has 6 nitrogen and oxygen atoms in total. The predicted octanol–water partition coefficient (Wildman–Crippen LogP) is 18.6. The molecule has 0 amide bonds. The van der Waals surface area contributed by atoms with Crippen LogP contribution in [0.3, 0.4) is 0 Å². The topological polar surface area (TPSA) is 78.9 Å². The fourth-order valence-corrected chi connectivity index (χ4v) is 6.98. The van der Waals surface area contributed by atoms with Crippen LogP contribution >= 0.6 is 0 Å². The van der Waals surface area contributed by atoms with E-state index in [4.69, 9.17) is 14.2 Å². The molecule has 0 spiro atoms. The van der Waals surface area contributed by atoms with Crippen LogP contribution in [0.15, 0.2) is 134 Å². The second-order valence-corrected chi connectivity index (χ2v) is 17.8. The monoisotopic (exact) mass is 953 g/mol. The molecular weight excluding hydrogens is 853 g/mol. The fourth-order valence-electron chi connectivity index (χ4n) is 6.98. The van der Waals surface area contributed by atoms with E-state index in [0.717, 1.165) is 148 Å². The number of hydrogen-bond donors (Lipinski definition) is 0. The Balaban J connectivity index is 4.24. The molecule has 0 aromatic carbocycles. The van der Waals surface area contributed by atoms with Crippen LogP contribution in [0.5, 0.6) is 0 Å². The summed E-state index contributed by atoms with van der Waals surface area (Å²) in [5, 5.41) is 0. The van der Waals surface area contributed by atoms with Crippen molar-refractivity contribution >= 4 is 17.9 Å². The zero-order chi connectivity index (χ0) is 50.0. The van der Waals surface area contributed by atoms with E-state index in [1.54, 1.807) is 0 Å². The summed E-state index contributed by atoms with van der Waals surface area (Å²) in [6, 6.07) is 0. The van der Waals surface area contributed by atoms with Crippen molar-refractivity contribution in [3.63, 3.8) is 0 Å². The highest BCUT2D eigenvalue weighted by Gasteiger charge is 2.19. The Hall–Kier alpha value is -4.45. The lowest BCUT2D eigenvalue weighted by Gasteiger charge is -2.18. The van der Waals surface area contributed by atoms with E-state index < -0.39 is 6.10 Å². The standard InChI is InChI=1S/C63H100O6/c1-4-7-10-13-16-18-20-22-24-25-26-27-28-29-30-31-32-33-34-35-36-37-38-39-40-42-43-45-47-50-53-56-62(65)68-59-60(58-67-61(64)55-52-49-15-12-9-6-3)69-63(66)57-54-51-48-46-44-41-23-21-19-17-14-11-8-5-2/h7,10,14,16-18,21-24,26-27,29-30,32-33,35-36,38-39,42-43,60H,4-6,8-9,11-13,15,19-20,25,28,31,34,37,40-41,44-59H2,1-3H3/b10-7-,17-14-,18-16-,23-21-,24-22-,27-26-,30-29-,33-32-,36-35-,39-38-,43-42-. The Morgan fingerprint density at radius 1 is 0.304 bits per heavy atom. The van der Waals surface area contributed by atoms with Crippen molar-refractivity contribution in [2.75, 3.05) is 13.2 Å². The van der Waals surface area contributed by atoms with E-state index in [0.29, 0.717) is 19.3 Å². The summed E-state index contributed by atoms with van der Waals surface area (Å²) in [4.78, 5) is 37.8. The van der Waals surface area contributed by atoms with Crippen molar-refractivity contribution in [2.45, 2.75) is 232 Å². The van der Waals surface area contributed by atoms with Gasteiger partial charge in [-0.1, -0.05) is 225 Å². The van der Waals surface area contributed by atoms with E-state index >= 15 is 0 Å². The summed E-state index contributed by atoms with van der Waals surface area (Å²) in [7, 11) is 0. The number of unbranched alkanes of at least 4 members (excludes halogenated alkanes) is 15. The molecule has 1 atom stereocenters. The minimum Gasteiger partial charge on any atom is -0.462 e. The van der Waals surface area contributed by atoms with Gasteiger partial charge < -0.3 is 14.2 Å². The molecule has 0 rings (SSSR count). The number of esters is 3. The molecule has 0 aliphatic heterocycles. The number of carbonyl (C=O) groups excluding carboxylic acids is 3. The van der Waals surface area contributed by atoms with E-state index in [9.17, 15) is 14.4 Å². The number of ether oxygens (including phenoxy) is 3. The highest BCUT2D eigenvalue weighted by atomic mass is 16.6. The summed E-state index contributed by atoms with van der Waals surface area (Å²) in [5.41, 5.74) is 0. The van der Waals surface area contributed by atoms with Crippen LogP contribution in [0.1, 0.15) is 226 Å². The first-order valence-electron chi connectivity index (χ1n) is 27.7. The third kappa shape index (κ3) is 54.4. The number of carbonyl (C=O) groups is 3. The molecule has 0 aromatic rings. The minimum atomic E-state index is -0.799. The van der Waals surface area contributed by atoms with Crippen molar-refractivity contribution in [1.29, 1.82) is 0 Å². The number of allylic oxidation sites excluding steroid dienone is 22. The van der Waals surface area contributed by atoms with Crippen molar-refractivity contribution in [2.24, 2.45) is 0 Å². The van der Waals surface area contributed by atoms with Crippen molar-refractivity contribution < 1.29 is 28.6 Å². The van der Waals surface area contributed by atoms with E-state index in [-0.39, 0.29) is 31.1 Å². The van der Waals surface area contributed by atoms with Crippen LogP contribution in [-0.4, -0.2) is 37.2 Å². The van der Waals surface area contributed by atoms with Crippen LogP contribution in [0.4, 0.5) is 0 Å². The van der Waals surface area contributed by atoms with Gasteiger partial charge in [-0.2, -0.15) is 0 Å². The predicted molar refractivity (Wildman–Crippen MR) is 297 cm³/mol. The molecular formula is C63H100O6. The SMILES string of the molecule is CC/C=C\C/C=C\C/C=C\C/C=C\C/C=C\C/C=C\C/C=C\C/C=C\C/C=C\CCCCCC(=O)OCC(COC(=O)CCCCCCCC)OC(=O)CCCCCCC/C=C\C/C=C\CCCC. The molecule has 0 radical (unpaired) electrons. The molecule has 0 fully saturated rings. The summed E-state index contributed by atoms with van der Waals surface area (Å²) >= 11 is 0. The third-order valence-electron chi connectivity index (χ3n) is 11.1. The first-order valence-corrected chi connectivity index (χ1v) is 27.7. The van der Waals surface area contributed by atoms with E-state index in [1.807, 2.05) is 0 Å². The molecule has 0 heterocycles. The smallest absolute Gasteiger partial charge is 0.306 e. The largest absolute Gasteiger partial charge is 0.462 e. The zero-order valence-corrected chi connectivity index (χ0v) is 44.3. The molecule has 0 aromatic heterocycles. The van der Waals surface area contributed by atoms with Crippen LogP contribution in [0.25, 0.3) is 0 Å². The second kappa shape index (κ2) is 56.1. The molecule has 0 saturated carbocycles. The van der Waals surface area contributed by atoms with Gasteiger partial charge in [0, 0.05) is 19.3 Å². The van der Waals surface area contributed by atoms with Crippen molar-refractivity contribution in [3.8, 4) is 0 Å². The highest BCUT2D eigenvalue weighted by Crippen LogP contribution is 2.12. The number of hydrogen-bond acceptors (Lipinski definition) is 6. The fraction of sp³-hybridized carbons (Fsp3) is 0.603. The maximum absolute atomic E-state index is 12.7. The molecule has 6 heteroatoms. The molecule has 0 aliphatic rings. The molecule has 69 heavy (non-hydrogen) atoms. The van der Waals surface area contributed by atoms with Crippen molar-refractivity contribution in [3.05, 3.63) is 134 Å². The molecule has 1 unspecified atom stereocenters. The Morgan fingerprint density at radius 2 is 0.580 bits per heavy atom. The van der Waals surface area contributed by atoms with Crippen LogP contribution in [-0.2, 0) is 28.6 Å². The molecule has 0 bridgehead atoms. The van der Waals surface area contributed by atoms with Gasteiger partial charge in [-0.25, -0.2) is 0 Å². The van der Waals surface area contributed by atoms with Gasteiger partial charge in [0.25, 0.3) is 0 Å². The maximum Gasteiger partial charge on any atom is 0.306 e. The quantitative estimate of drug-likeness (QED) is 0.0262. The summed E-state index contributed by atoms with van der Waals surface area (Å²) in [6.45, 7) is 6.36. The average Bonchev–Trinajstić information content (AvgIpc) is 3.35. The van der Waals surface area contributed by atoms with Gasteiger partial charge in [0.15, 0.2) is 6.10 Å². The Labute approximate surface area is 424 Å². The minimum absolute atomic E-state index is 0.0982. The Bertz CT molecular complexity index is 1510. The van der Waals surface area contributed by atoms with Gasteiger partial charge in [-0.05, 0) is 116 Å². The van der Waals surface area contributed by atoms with Crippen molar-refractivity contribution in [1.82, 2.24) is 0 Å². The summed E-state index contributed by atoms with van der Waals surface area (Å²) in [6.07, 6.45) is 79.0. The van der Waals surface area contributed by atoms with E-state index in [1.165, 1.54) is 38.5 Å². The molecule has 0 saturated heterocycles.